The van der Waals surface area contributed by atoms with Crippen LogP contribution in [-0.2, 0) is 16.1 Å². The van der Waals surface area contributed by atoms with Crippen LogP contribution < -0.4 is 5.32 Å². The Bertz CT molecular complexity index is 669. The highest BCUT2D eigenvalue weighted by molar-refractivity contribution is 5.97. The van der Waals surface area contributed by atoms with Gasteiger partial charge in [-0.05, 0) is 17.7 Å². The number of aromatic hydroxyl groups is 1. The van der Waals surface area contributed by atoms with Crippen molar-refractivity contribution >= 4 is 17.7 Å². The number of esters is 1. The number of methoxy groups -OCH3 is 1. The second-order valence-corrected chi connectivity index (χ2v) is 4.38. The molecule has 22 heavy (non-hydrogen) atoms. The number of carbonyl (C=O) groups is 2. The van der Waals surface area contributed by atoms with Crippen molar-refractivity contribution in [3.05, 3.63) is 59.7 Å². The van der Waals surface area contributed by atoms with Gasteiger partial charge in [0.15, 0.2) is 5.75 Å². The first-order valence-electron chi connectivity index (χ1n) is 6.50. The molecule has 6 nitrogen and oxygen atoms in total. The number of ether oxygens (including phenoxy) is 2. The molecule has 0 spiro atoms. The van der Waals surface area contributed by atoms with Gasteiger partial charge in [0.1, 0.15) is 12.2 Å². The maximum atomic E-state index is 11.7. The maximum absolute atomic E-state index is 11.7. The Hall–Kier alpha value is -3.02. The third kappa shape index (κ3) is 3.76. The molecule has 6 heteroatoms. The zero-order valence-electron chi connectivity index (χ0n) is 11.9. The van der Waals surface area contributed by atoms with E-state index in [9.17, 15) is 14.7 Å². The molecule has 0 aliphatic carbocycles. The summed E-state index contributed by atoms with van der Waals surface area (Å²) in [5.41, 5.74) is 0.870. The predicted molar refractivity (Wildman–Crippen MR) is 79.7 cm³/mol. The van der Waals surface area contributed by atoms with Crippen LogP contribution in [0.5, 0.6) is 5.75 Å². The number of nitrogens with one attached hydrogen (secondary N) is 1. The van der Waals surface area contributed by atoms with E-state index < -0.39 is 12.1 Å². The molecular formula is C16H15NO5. The van der Waals surface area contributed by atoms with E-state index in [-0.39, 0.29) is 23.6 Å². The fraction of sp³-hybridized carbons (Fsp3) is 0.125. The van der Waals surface area contributed by atoms with Gasteiger partial charge < -0.3 is 14.6 Å². The van der Waals surface area contributed by atoms with E-state index in [1.807, 2.05) is 30.3 Å². The molecule has 2 aromatic rings. The summed E-state index contributed by atoms with van der Waals surface area (Å²) in [5, 5.41) is 12.3. The van der Waals surface area contributed by atoms with Crippen molar-refractivity contribution < 1.29 is 24.2 Å². The lowest BCUT2D eigenvalue weighted by molar-refractivity contribution is 0.0597. The molecule has 0 aliphatic rings. The second kappa shape index (κ2) is 7.12. The Morgan fingerprint density at radius 3 is 2.50 bits per heavy atom. The lowest BCUT2D eigenvalue weighted by atomic mass is 10.1. The van der Waals surface area contributed by atoms with Crippen molar-refractivity contribution in [2.24, 2.45) is 0 Å². The van der Waals surface area contributed by atoms with Crippen molar-refractivity contribution in [2.45, 2.75) is 6.61 Å². The van der Waals surface area contributed by atoms with Crippen molar-refractivity contribution in [2.75, 3.05) is 12.4 Å². The molecule has 114 valence electrons. The minimum atomic E-state index is -0.735. The quantitative estimate of drug-likeness (QED) is 0.670. The summed E-state index contributed by atoms with van der Waals surface area (Å²) in [5.74, 6) is -1.06. The van der Waals surface area contributed by atoms with Gasteiger partial charge in [-0.15, -0.1) is 0 Å². The predicted octanol–water partition coefficient (Wildman–Crippen LogP) is 2.93. The van der Waals surface area contributed by atoms with Gasteiger partial charge in [-0.2, -0.15) is 0 Å². The zero-order valence-corrected chi connectivity index (χ0v) is 11.9. The van der Waals surface area contributed by atoms with Gasteiger partial charge in [0.05, 0.1) is 12.8 Å². The summed E-state index contributed by atoms with van der Waals surface area (Å²) in [7, 11) is 1.20. The molecule has 0 saturated carbocycles. The number of phenols is 1. The van der Waals surface area contributed by atoms with Crippen LogP contribution in [0.25, 0.3) is 0 Å². The molecule has 0 atom stereocenters. The number of hydrogen-bond donors (Lipinski definition) is 2. The third-order valence-corrected chi connectivity index (χ3v) is 2.89. The Balaban J connectivity index is 2.01. The normalized spacial score (nSPS) is 9.86. The van der Waals surface area contributed by atoms with Gasteiger partial charge >= 0.3 is 12.1 Å². The van der Waals surface area contributed by atoms with Gasteiger partial charge in [-0.25, -0.2) is 9.59 Å². The highest BCUT2D eigenvalue weighted by Crippen LogP contribution is 2.28. The SMILES string of the molecule is COC(=O)c1cccc(NC(=O)OCc2ccccc2)c1O. The van der Waals surface area contributed by atoms with Crippen LogP contribution in [0, 0.1) is 0 Å². The van der Waals surface area contributed by atoms with Gasteiger partial charge in [0.25, 0.3) is 0 Å². The number of rotatable bonds is 4. The van der Waals surface area contributed by atoms with Crippen LogP contribution in [0.4, 0.5) is 10.5 Å². The smallest absolute Gasteiger partial charge is 0.412 e. The van der Waals surface area contributed by atoms with E-state index in [1.165, 1.54) is 25.3 Å². The average Bonchev–Trinajstić information content (AvgIpc) is 2.55. The first kappa shape index (κ1) is 15.4. The highest BCUT2D eigenvalue weighted by Gasteiger charge is 2.16. The van der Waals surface area contributed by atoms with Gasteiger partial charge in [0, 0.05) is 0 Å². The molecule has 2 rings (SSSR count). The number of hydrogen-bond acceptors (Lipinski definition) is 5. The summed E-state index contributed by atoms with van der Waals surface area (Å²) in [6.45, 7) is 0.101. The van der Waals surface area contributed by atoms with Crippen LogP contribution in [0.15, 0.2) is 48.5 Å². The topological polar surface area (TPSA) is 84.9 Å². The van der Waals surface area contributed by atoms with E-state index in [0.717, 1.165) is 5.56 Å². The van der Waals surface area contributed by atoms with Crippen molar-refractivity contribution in [3.8, 4) is 5.75 Å². The second-order valence-electron chi connectivity index (χ2n) is 4.38. The molecule has 0 unspecified atom stereocenters. The van der Waals surface area contributed by atoms with Crippen LogP contribution in [0.3, 0.4) is 0 Å². The fourth-order valence-corrected chi connectivity index (χ4v) is 1.79. The molecule has 1 amide bonds. The minimum Gasteiger partial charge on any atom is -0.505 e. The Morgan fingerprint density at radius 1 is 1.09 bits per heavy atom. The number of carbonyl (C=O) groups excluding carboxylic acids is 2. The lowest BCUT2D eigenvalue weighted by Crippen LogP contribution is -2.14. The lowest BCUT2D eigenvalue weighted by Gasteiger charge is -2.10. The monoisotopic (exact) mass is 301 g/mol. The van der Waals surface area contributed by atoms with E-state index in [2.05, 4.69) is 10.1 Å². The highest BCUT2D eigenvalue weighted by atomic mass is 16.5. The van der Waals surface area contributed by atoms with E-state index in [0.29, 0.717) is 0 Å². The molecule has 0 saturated heterocycles. The zero-order chi connectivity index (χ0) is 15.9. The van der Waals surface area contributed by atoms with Crippen LogP contribution in [0.1, 0.15) is 15.9 Å². The molecule has 2 aromatic carbocycles. The van der Waals surface area contributed by atoms with E-state index in [1.54, 1.807) is 0 Å². The Labute approximate surface area is 127 Å². The number of para-hydroxylation sites is 1. The summed E-state index contributed by atoms with van der Waals surface area (Å²) in [6, 6.07) is 13.5. The summed E-state index contributed by atoms with van der Waals surface area (Å²) in [6.07, 6.45) is -0.735. The molecule has 0 aliphatic heterocycles. The first-order valence-corrected chi connectivity index (χ1v) is 6.50. The molecular weight excluding hydrogens is 286 g/mol. The molecule has 0 heterocycles. The molecule has 0 radical (unpaired) electrons. The van der Waals surface area contributed by atoms with E-state index in [4.69, 9.17) is 4.74 Å². The van der Waals surface area contributed by atoms with Crippen LogP contribution in [0.2, 0.25) is 0 Å². The fourth-order valence-electron chi connectivity index (χ4n) is 1.79. The third-order valence-electron chi connectivity index (χ3n) is 2.89. The van der Waals surface area contributed by atoms with E-state index >= 15 is 0 Å². The van der Waals surface area contributed by atoms with Crippen molar-refractivity contribution in [1.82, 2.24) is 0 Å². The summed E-state index contributed by atoms with van der Waals surface area (Å²) in [4.78, 5) is 23.2. The van der Waals surface area contributed by atoms with Crippen LogP contribution >= 0.6 is 0 Å². The standard InChI is InChI=1S/C16H15NO5/c1-21-15(19)12-8-5-9-13(14(12)18)17-16(20)22-10-11-6-3-2-4-7-11/h2-9,18H,10H2,1H3,(H,17,20). The molecule has 0 aromatic heterocycles. The van der Waals surface area contributed by atoms with Gasteiger partial charge in [-0.1, -0.05) is 36.4 Å². The van der Waals surface area contributed by atoms with Gasteiger partial charge in [-0.3, -0.25) is 5.32 Å². The largest absolute Gasteiger partial charge is 0.505 e. The molecule has 0 fully saturated rings. The minimum absolute atomic E-state index is 0.0386. The molecule has 2 N–H and O–H groups in total. The Kier molecular flexibility index (Phi) is 4.98. The van der Waals surface area contributed by atoms with Crippen molar-refractivity contribution in [1.29, 1.82) is 0 Å². The first-order chi connectivity index (χ1) is 10.6. The summed E-state index contributed by atoms with van der Waals surface area (Å²) < 4.78 is 9.58. The molecule has 0 bridgehead atoms. The summed E-state index contributed by atoms with van der Waals surface area (Å²) >= 11 is 0. The Morgan fingerprint density at radius 2 is 1.82 bits per heavy atom. The number of anilines is 1. The number of phenolic OH excluding ortho intramolecular Hbond substituents is 1. The van der Waals surface area contributed by atoms with Crippen LogP contribution in [-0.4, -0.2) is 24.3 Å². The van der Waals surface area contributed by atoms with Gasteiger partial charge in [0.2, 0.25) is 0 Å². The van der Waals surface area contributed by atoms with Crippen molar-refractivity contribution in [3.63, 3.8) is 0 Å². The number of benzene rings is 2. The average molecular weight is 301 g/mol. The number of amides is 1. The maximum Gasteiger partial charge on any atom is 0.412 e.